The molecule has 0 saturated carbocycles. The van der Waals surface area contributed by atoms with E-state index >= 15 is 0 Å². The lowest BCUT2D eigenvalue weighted by atomic mass is 10.2. The van der Waals surface area contributed by atoms with E-state index < -0.39 is 11.7 Å². The molecular weight excluding hydrogens is 379 g/mol. The second-order valence-corrected chi connectivity index (χ2v) is 6.66. The molecule has 2 aromatic carbocycles. The van der Waals surface area contributed by atoms with Crippen molar-refractivity contribution in [2.24, 2.45) is 0 Å². The topological polar surface area (TPSA) is 67.4 Å². The van der Waals surface area contributed by atoms with E-state index in [-0.39, 0.29) is 17.3 Å². The van der Waals surface area contributed by atoms with Crippen LogP contribution in [0.5, 0.6) is 0 Å². The lowest BCUT2D eigenvalue weighted by Crippen LogP contribution is -2.28. The van der Waals surface area contributed by atoms with Crippen LogP contribution in [0.25, 0.3) is 0 Å². The number of carbonyl (C=O) groups excluding carboxylic acids is 2. The van der Waals surface area contributed by atoms with Gasteiger partial charge < -0.3 is 15.4 Å². The highest BCUT2D eigenvalue weighted by Gasteiger charge is 2.15. The van der Waals surface area contributed by atoms with E-state index in [0.717, 1.165) is 0 Å². The molecule has 0 aliphatic heterocycles. The molecular formula is C18H18ClFN2O3S. The molecule has 0 aliphatic rings. The number of ether oxygens (including phenoxy) is 1. The molecule has 0 fully saturated rings. The summed E-state index contributed by atoms with van der Waals surface area (Å²) in [4.78, 5) is 24.9. The Balaban J connectivity index is 2.04. The summed E-state index contributed by atoms with van der Waals surface area (Å²) in [5.74, 6) is -1.07. The summed E-state index contributed by atoms with van der Waals surface area (Å²) in [6.07, 6.45) is 0. The van der Waals surface area contributed by atoms with Crippen molar-refractivity contribution in [1.82, 2.24) is 5.32 Å². The lowest BCUT2D eigenvalue weighted by molar-refractivity contribution is -0.118. The van der Waals surface area contributed by atoms with Crippen LogP contribution < -0.4 is 10.6 Å². The molecule has 0 bridgehead atoms. The summed E-state index contributed by atoms with van der Waals surface area (Å²) in [6.45, 7) is 0.854. The molecule has 0 spiro atoms. The number of benzene rings is 2. The molecule has 0 heterocycles. The van der Waals surface area contributed by atoms with Gasteiger partial charge in [0.2, 0.25) is 5.91 Å². The Morgan fingerprint density at radius 3 is 2.77 bits per heavy atom. The number of thioether (sulfide) groups is 1. The number of anilines is 1. The maximum absolute atomic E-state index is 13.8. The van der Waals surface area contributed by atoms with Gasteiger partial charge >= 0.3 is 0 Å². The minimum Gasteiger partial charge on any atom is -0.383 e. The smallest absolute Gasteiger partial charge is 0.256 e. The normalized spacial score (nSPS) is 10.4. The van der Waals surface area contributed by atoms with Gasteiger partial charge in [0, 0.05) is 23.6 Å². The third-order valence-electron chi connectivity index (χ3n) is 3.30. The Morgan fingerprint density at radius 1 is 1.23 bits per heavy atom. The molecule has 0 aliphatic carbocycles. The quantitative estimate of drug-likeness (QED) is 0.528. The minimum atomic E-state index is -0.578. The first-order valence-corrected chi connectivity index (χ1v) is 9.11. The van der Waals surface area contributed by atoms with Gasteiger partial charge in [0.05, 0.1) is 23.6 Å². The zero-order valence-electron chi connectivity index (χ0n) is 14.1. The molecule has 2 aromatic rings. The fraction of sp³-hybridized carbons (Fsp3) is 0.222. The summed E-state index contributed by atoms with van der Waals surface area (Å²) < 4.78 is 18.7. The summed E-state index contributed by atoms with van der Waals surface area (Å²) in [5.41, 5.74) is 0.348. The van der Waals surface area contributed by atoms with Gasteiger partial charge in [0.15, 0.2) is 0 Å². The van der Waals surface area contributed by atoms with E-state index in [4.69, 9.17) is 16.3 Å². The maximum Gasteiger partial charge on any atom is 0.256 e. The van der Waals surface area contributed by atoms with Crippen LogP contribution in [-0.2, 0) is 9.53 Å². The van der Waals surface area contributed by atoms with Crippen molar-refractivity contribution in [1.29, 1.82) is 0 Å². The van der Waals surface area contributed by atoms with Crippen LogP contribution in [0, 0.1) is 5.82 Å². The summed E-state index contributed by atoms with van der Waals surface area (Å²) >= 11 is 7.06. The number of rotatable bonds is 8. The third-order valence-corrected chi connectivity index (χ3v) is 4.60. The molecule has 5 nitrogen and oxygen atoms in total. The van der Waals surface area contributed by atoms with E-state index in [1.807, 2.05) is 0 Å². The highest BCUT2D eigenvalue weighted by atomic mass is 35.5. The van der Waals surface area contributed by atoms with Crippen molar-refractivity contribution in [2.75, 3.05) is 31.3 Å². The highest BCUT2D eigenvalue weighted by molar-refractivity contribution is 8.00. The summed E-state index contributed by atoms with van der Waals surface area (Å²) in [6, 6.07) is 10.7. The Hall–Kier alpha value is -2.09. The Labute approximate surface area is 160 Å². The van der Waals surface area contributed by atoms with Crippen LogP contribution in [0.4, 0.5) is 10.1 Å². The molecule has 26 heavy (non-hydrogen) atoms. The van der Waals surface area contributed by atoms with Crippen LogP contribution in [0.1, 0.15) is 10.4 Å². The molecule has 0 aromatic heterocycles. The SMILES string of the molecule is COCCNC(=O)CSc1ccccc1C(=O)Nc1cc(Cl)ccc1F. The van der Waals surface area contributed by atoms with E-state index in [1.54, 1.807) is 31.4 Å². The van der Waals surface area contributed by atoms with Crippen molar-refractivity contribution in [3.63, 3.8) is 0 Å². The average Bonchev–Trinajstić information content (AvgIpc) is 2.63. The second kappa shape index (κ2) is 10.2. The number of halogens is 2. The van der Waals surface area contributed by atoms with Crippen LogP contribution in [-0.4, -0.2) is 37.8 Å². The molecule has 0 atom stereocenters. The van der Waals surface area contributed by atoms with Gasteiger partial charge in [-0.1, -0.05) is 23.7 Å². The monoisotopic (exact) mass is 396 g/mol. The molecule has 2 rings (SSSR count). The van der Waals surface area contributed by atoms with E-state index in [0.29, 0.717) is 28.6 Å². The number of amides is 2. The fourth-order valence-electron chi connectivity index (χ4n) is 2.05. The van der Waals surface area contributed by atoms with Gasteiger partial charge in [-0.25, -0.2) is 4.39 Å². The predicted octanol–water partition coefficient (Wildman–Crippen LogP) is 3.59. The van der Waals surface area contributed by atoms with Crippen molar-refractivity contribution in [3.8, 4) is 0 Å². The Bertz CT molecular complexity index is 789. The third kappa shape index (κ3) is 6.01. The Morgan fingerprint density at radius 2 is 2.00 bits per heavy atom. The Kier molecular flexibility index (Phi) is 7.90. The zero-order chi connectivity index (χ0) is 18.9. The zero-order valence-corrected chi connectivity index (χ0v) is 15.6. The van der Waals surface area contributed by atoms with Crippen molar-refractivity contribution < 1.29 is 18.7 Å². The van der Waals surface area contributed by atoms with Gasteiger partial charge in [-0.05, 0) is 30.3 Å². The second-order valence-electron chi connectivity index (χ2n) is 5.21. The van der Waals surface area contributed by atoms with E-state index in [9.17, 15) is 14.0 Å². The largest absolute Gasteiger partial charge is 0.383 e. The molecule has 0 saturated heterocycles. The van der Waals surface area contributed by atoms with Crippen molar-refractivity contribution >= 4 is 40.9 Å². The lowest BCUT2D eigenvalue weighted by Gasteiger charge is -2.11. The fourth-order valence-corrected chi connectivity index (χ4v) is 3.10. The van der Waals surface area contributed by atoms with Gasteiger partial charge in [-0.3, -0.25) is 9.59 Å². The van der Waals surface area contributed by atoms with Gasteiger partial charge in [-0.15, -0.1) is 11.8 Å². The first-order chi connectivity index (χ1) is 12.5. The standard InChI is InChI=1S/C18H18ClFN2O3S/c1-25-9-8-21-17(23)11-26-16-5-3-2-4-13(16)18(24)22-15-10-12(19)6-7-14(15)20/h2-7,10H,8-9,11H2,1H3,(H,21,23)(H,22,24). The van der Waals surface area contributed by atoms with Crippen molar-refractivity contribution in [3.05, 3.63) is 58.9 Å². The minimum absolute atomic E-state index is 0.000360. The first-order valence-electron chi connectivity index (χ1n) is 7.75. The van der Waals surface area contributed by atoms with Gasteiger partial charge in [-0.2, -0.15) is 0 Å². The molecule has 0 radical (unpaired) electrons. The van der Waals surface area contributed by atoms with Crippen LogP contribution in [0.2, 0.25) is 5.02 Å². The maximum atomic E-state index is 13.8. The molecule has 8 heteroatoms. The average molecular weight is 397 g/mol. The molecule has 138 valence electrons. The predicted molar refractivity (Wildman–Crippen MR) is 101 cm³/mol. The van der Waals surface area contributed by atoms with E-state index in [2.05, 4.69) is 10.6 Å². The van der Waals surface area contributed by atoms with Gasteiger partial charge in [0.25, 0.3) is 5.91 Å². The highest BCUT2D eigenvalue weighted by Crippen LogP contribution is 2.25. The molecule has 2 N–H and O–H groups in total. The summed E-state index contributed by atoms with van der Waals surface area (Å²) in [5, 5.41) is 5.53. The first kappa shape index (κ1) is 20.2. The van der Waals surface area contributed by atoms with Crippen LogP contribution >= 0.6 is 23.4 Å². The van der Waals surface area contributed by atoms with Crippen molar-refractivity contribution in [2.45, 2.75) is 4.90 Å². The number of carbonyl (C=O) groups is 2. The number of methoxy groups -OCH3 is 1. The van der Waals surface area contributed by atoms with E-state index in [1.165, 1.54) is 30.0 Å². The molecule has 2 amide bonds. The van der Waals surface area contributed by atoms with Crippen LogP contribution in [0.15, 0.2) is 47.4 Å². The molecule has 0 unspecified atom stereocenters. The number of hydrogen-bond donors (Lipinski definition) is 2. The number of nitrogens with one attached hydrogen (secondary N) is 2. The number of hydrogen-bond acceptors (Lipinski definition) is 4. The summed E-state index contributed by atoms with van der Waals surface area (Å²) in [7, 11) is 1.55. The van der Waals surface area contributed by atoms with Crippen LogP contribution in [0.3, 0.4) is 0 Å². The van der Waals surface area contributed by atoms with Gasteiger partial charge in [0.1, 0.15) is 5.82 Å².